The van der Waals surface area contributed by atoms with Gasteiger partial charge in [-0.2, -0.15) is 4.98 Å². The molecule has 1 aliphatic rings. The lowest BCUT2D eigenvalue weighted by Gasteiger charge is -2.14. The highest BCUT2D eigenvalue weighted by Crippen LogP contribution is 2.31. The van der Waals surface area contributed by atoms with Gasteiger partial charge in [0.15, 0.2) is 0 Å². The summed E-state index contributed by atoms with van der Waals surface area (Å²) in [5, 5.41) is 3.04. The highest BCUT2D eigenvalue weighted by molar-refractivity contribution is 5.93. The van der Waals surface area contributed by atoms with E-state index in [0.717, 1.165) is 29.7 Å². The number of nitrogens with two attached hydrogens (primary N) is 2. The number of nitrogen functional groups attached to an aromatic ring is 2. The van der Waals surface area contributed by atoms with Gasteiger partial charge in [0.2, 0.25) is 11.9 Å². The van der Waals surface area contributed by atoms with Crippen LogP contribution in [0.1, 0.15) is 22.4 Å². The van der Waals surface area contributed by atoms with E-state index >= 15 is 0 Å². The molecule has 0 saturated heterocycles. The summed E-state index contributed by atoms with van der Waals surface area (Å²) in [5.74, 6) is 0.364. The lowest BCUT2D eigenvalue weighted by atomic mass is 10.0. The van der Waals surface area contributed by atoms with Gasteiger partial charge in [-0.1, -0.05) is 66.7 Å². The Labute approximate surface area is 204 Å². The van der Waals surface area contributed by atoms with Crippen molar-refractivity contribution in [3.8, 4) is 11.1 Å². The molecule has 0 saturated carbocycles. The molecule has 3 aromatic carbocycles. The maximum Gasteiger partial charge on any atom is 0.228 e. The molecule has 0 bridgehead atoms. The Morgan fingerprint density at radius 1 is 0.857 bits per heavy atom. The first-order chi connectivity index (χ1) is 17.1. The van der Waals surface area contributed by atoms with Gasteiger partial charge in [0.05, 0.1) is 18.9 Å². The first-order valence-electron chi connectivity index (χ1n) is 11.6. The Kier molecular flexibility index (Phi) is 6.41. The molecule has 1 amide bonds. The fourth-order valence-electron chi connectivity index (χ4n) is 4.51. The summed E-state index contributed by atoms with van der Waals surface area (Å²) in [6, 6.07) is 25.6. The van der Waals surface area contributed by atoms with Crippen molar-refractivity contribution in [1.82, 2.24) is 9.97 Å². The maximum absolute atomic E-state index is 12.8. The van der Waals surface area contributed by atoms with Crippen molar-refractivity contribution in [2.24, 2.45) is 5.92 Å². The van der Waals surface area contributed by atoms with Crippen LogP contribution in [0.4, 0.5) is 17.5 Å². The minimum atomic E-state index is -0.0541. The van der Waals surface area contributed by atoms with E-state index in [1.165, 1.54) is 11.1 Å². The van der Waals surface area contributed by atoms with Gasteiger partial charge in [-0.05, 0) is 47.2 Å². The lowest BCUT2D eigenvalue weighted by Crippen LogP contribution is -2.23. The third-order valence-corrected chi connectivity index (χ3v) is 6.24. The number of nitrogens with one attached hydrogen (secondary N) is 1. The number of hydrogen-bond donors (Lipinski definition) is 3. The Morgan fingerprint density at radius 3 is 2.20 bits per heavy atom. The fourth-order valence-corrected chi connectivity index (χ4v) is 4.51. The maximum atomic E-state index is 12.8. The van der Waals surface area contributed by atoms with E-state index in [2.05, 4.69) is 27.4 Å². The normalized spacial score (nSPS) is 12.9. The van der Waals surface area contributed by atoms with Crippen molar-refractivity contribution >= 4 is 23.4 Å². The standard InChI is InChI=1S/C28H27N5O2/c29-26-25(24(32-28(30)33-26)17-35-16-18-6-2-1-3-7-18)19-10-12-23(13-11-19)31-27(34)22-14-20-8-4-5-9-21(20)15-22/h1-13,22H,14-17H2,(H,31,34)(H4,29,30,32,33). The van der Waals surface area contributed by atoms with Crippen LogP contribution in [0.25, 0.3) is 11.1 Å². The second kappa shape index (κ2) is 9.95. The van der Waals surface area contributed by atoms with E-state index in [1.807, 2.05) is 66.7 Å². The van der Waals surface area contributed by atoms with E-state index in [9.17, 15) is 4.79 Å². The quantitative estimate of drug-likeness (QED) is 0.373. The van der Waals surface area contributed by atoms with Gasteiger partial charge in [-0.3, -0.25) is 4.79 Å². The second-order valence-corrected chi connectivity index (χ2v) is 8.71. The van der Waals surface area contributed by atoms with Crippen molar-refractivity contribution in [2.45, 2.75) is 26.1 Å². The van der Waals surface area contributed by atoms with Gasteiger partial charge in [0.1, 0.15) is 5.82 Å². The molecular weight excluding hydrogens is 438 g/mol. The van der Waals surface area contributed by atoms with Crippen LogP contribution in [-0.2, 0) is 35.6 Å². The summed E-state index contributed by atoms with van der Waals surface area (Å²) in [4.78, 5) is 21.4. The van der Waals surface area contributed by atoms with Crippen molar-refractivity contribution < 1.29 is 9.53 Å². The molecule has 176 valence electrons. The zero-order valence-corrected chi connectivity index (χ0v) is 19.3. The molecule has 5 rings (SSSR count). The van der Waals surface area contributed by atoms with E-state index < -0.39 is 0 Å². The first kappa shape index (κ1) is 22.6. The average molecular weight is 466 g/mol. The molecule has 1 aliphatic carbocycles. The largest absolute Gasteiger partial charge is 0.383 e. The molecule has 1 aromatic heterocycles. The SMILES string of the molecule is Nc1nc(N)c(-c2ccc(NC(=O)C3Cc4ccccc4C3)cc2)c(COCc2ccccc2)n1. The number of benzene rings is 3. The van der Waals surface area contributed by atoms with E-state index in [0.29, 0.717) is 17.9 Å². The Morgan fingerprint density at radius 2 is 1.51 bits per heavy atom. The second-order valence-electron chi connectivity index (χ2n) is 8.71. The number of ether oxygens (including phenoxy) is 1. The first-order valence-corrected chi connectivity index (χ1v) is 11.6. The molecule has 0 atom stereocenters. The number of aromatic nitrogens is 2. The number of amides is 1. The molecule has 35 heavy (non-hydrogen) atoms. The summed E-state index contributed by atoms with van der Waals surface area (Å²) < 4.78 is 5.88. The molecule has 4 aromatic rings. The van der Waals surface area contributed by atoms with Crippen LogP contribution < -0.4 is 16.8 Å². The van der Waals surface area contributed by atoms with Crippen LogP contribution in [0.2, 0.25) is 0 Å². The predicted octanol–water partition coefficient (Wildman–Crippen LogP) is 4.38. The molecular formula is C28H27N5O2. The minimum absolute atomic E-state index is 0.0271. The number of rotatable bonds is 7. The van der Waals surface area contributed by atoms with Crippen molar-refractivity contribution in [3.63, 3.8) is 0 Å². The number of fused-ring (bicyclic) bond motifs is 1. The summed E-state index contributed by atoms with van der Waals surface area (Å²) in [6.07, 6.45) is 1.54. The van der Waals surface area contributed by atoms with Crippen LogP contribution in [0.3, 0.4) is 0 Å². The highest BCUT2D eigenvalue weighted by atomic mass is 16.5. The average Bonchev–Trinajstić information content (AvgIpc) is 3.30. The lowest BCUT2D eigenvalue weighted by molar-refractivity contribution is -0.119. The zero-order valence-electron chi connectivity index (χ0n) is 19.3. The zero-order chi connectivity index (χ0) is 24.2. The molecule has 0 spiro atoms. The third-order valence-electron chi connectivity index (χ3n) is 6.24. The Bertz CT molecular complexity index is 1310. The fraction of sp³-hybridized carbons (Fsp3) is 0.179. The molecule has 0 radical (unpaired) electrons. The number of nitrogens with zero attached hydrogens (tertiary/aromatic N) is 2. The Hall–Kier alpha value is -4.23. The smallest absolute Gasteiger partial charge is 0.228 e. The minimum Gasteiger partial charge on any atom is -0.383 e. The number of hydrogen-bond acceptors (Lipinski definition) is 6. The predicted molar refractivity (Wildman–Crippen MR) is 137 cm³/mol. The van der Waals surface area contributed by atoms with Gasteiger partial charge in [0.25, 0.3) is 0 Å². The van der Waals surface area contributed by atoms with Crippen LogP contribution in [0.15, 0.2) is 78.9 Å². The molecule has 0 unspecified atom stereocenters. The van der Waals surface area contributed by atoms with E-state index in [1.54, 1.807) is 0 Å². The molecule has 0 aliphatic heterocycles. The molecule has 7 nitrogen and oxygen atoms in total. The molecule has 5 N–H and O–H groups in total. The monoisotopic (exact) mass is 465 g/mol. The van der Waals surface area contributed by atoms with Crippen LogP contribution in [-0.4, -0.2) is 15.9 Å². The topological polar surface area (TPSA) is 116 Å². The molecule has 1 heterocycles. The third kappa shape index (κ3) is 5.15. The van der Waals surface area contributed by atoms with Crippen LogP contribution in [0.5, 0.6) is 0 Å². The van der Waals surface area contributed by atoms with Gasteiger partial charge in [-0.15, -0.1) is 0 Å². The number of carbonyl (C=O) groups is 1. The summed E-state index contributed by atoms with van der Waals surface area (Å²) >= 11 is 0. The summed E-state index contributed by atoms with van der Waals surface area (Å²) in [5.41, 5.74) is 18.5. The van der Waals surface area contributed by atoms with E-state index in [-0.39, 0.29) is 30.2 Å². The van der Waals surface area contributed by atoms with Gasteiger partial charge >= 0.3 is 0 Å². The van der Waals surface area contributed by atoms with Gasteiger partial charge in [0, 0.05) is 17.2 Å². The van der Waals surface area contributed by atoms with Crippen molar-refractivity contribution in [1.29, 1.82) is 0 Å². The Balaban J connectivity index is 1.28. The molecule has 0 fully saturated rings. The van der Waals surface area contributed by atoms with Gasteiger partial charge < -0.3 is 21.5 Å². The van der Waals surface area contributed by atoms with Crippen LogP contribution >= 0.6 is 0 Å². The van der Waals surface area contributed by atoms with Crippen molar-refractivity contribution in [3.05, 3.63) is 101 Å². The summed E-state index contributed by atoms with van der Waals surface area (Å²) in [6.45, 7) is 0.683. The van der Waals surface area contributed by atoms with Crippen molar-refractivity contribution in [2.75, 3.05) is 16.8 Å². The van der Waals surface area contributed by atoms with Gasteiger partial charge in [-0.25, -0.2) is 4.98 Å². The highest BCUT2D eigenvalue weighted by Gasteiger charge is 2.27. The number of anilines is 3. The van der Waals surface area contributed by atoms with E-state index in [4.69, 9.17) is 16.2 Å². The number of carbonyl (C=O) groups excluding carboxylic acids is 1. The summed E-state index contributed by atoms with van der Waals surface area (Å²) in [7, 11) is 0. The molecule has 7 heteroatoms. The van der Waals surface area contributed by atoms with Crippen LogP contribution in [0, 0.1) is 5.92 Å².